The first kappa shape index (κ1) is 45.3. The van der Waals surface area contributed by atoms with Gasteiger partial charge in [-0.3, -0.25) is 23.5 Å². The van der Waals surface area contributed by atoms with Crippen LogP contribution in [0.3, 0.4) is 0 Å². The van der Waals surface area contributed by atoms with E-state index in [4.69, 9.17) is 31.6 Å². The average Bonchev–Trinajstić information content (AvgIpc) is 3.89. The molecule has 4 atom stereocenters. The Bertz CT molecular complexity index is 989. The monoisotopic (exact) mass is 856 g/mol. The highest BCUT2D eigenvalue weighted by atomic mass is 32.8. The summed E-state index contributed by atoms with van der Waals surface area (Å²) in [4.78, 5) is 7.54. The van der Waals surface area contributed by atoms with Crippen LogP contribution < -0.4 is 0 Å². The van der Waals surface area contributed by atoms with Crippen LogP contribution in [-0.2, 0) is 31.6 Å². The molecule has 19 heteroatoms. The molecule has 0 aromatic carbocycles. The average molecular weight is 857 g/mol. The largest absolute Gasteiger partial charge is 0.501 e. The molecular weight excluding hydrogens is 785 g/mol. The van der Waals surface area contributed by atoms with Gasteiger partial charge in [0.25, 0.3) is 0 Å². The second-order valence-electron chi connectivity index (χ2n) is 15.3. The standard InChI is InChI=1S/C15H29NO5Si.C11H26N4OSi.C8H17NOS3Si/c1-12-7-16-8-13(2)20-22(19-12,21-14(3)9-16)6-4-5-17-10-15-11-18-15;1-5-16-17-12(2)6-9-15(10-7-13(17)3)11-8-14(17)4;1-2-10-14-11-6-3-9(4-7-12-14)5-8-13-14/h12-15H,4-11H2,1-3H3;5-11H2,1-4H3;2-8H2,1H3. The Morgan fingerprint density at radius 1 is 0.623 bits per heavy atom. The molecule has 0 saturated carbocycles. The summed E-state index contributed by atoms with van der Waals surface area (Å²) >= 11 is 6.38. The van der Waals surface area contributed by atoms with Crippen LogP contribution in [0.15, 0.2) is 0 Å². The van der Waals surface area contributed by atoms with Gasteiger partial charge in [0.05, 0.1) is 31.5 Å². The molecule has 6 bridgehead atoms. The Kier molecular flexibility index (Phi) is 18.8. The van der Waals surface area contributed by atoms with Gasteiger partial charge >= 0.3 is 23.4 Å². The summed E-state index contributed by atoms with van der Waals surface area (Å²) in [6.07, 6.45) is 1.72. The summed E-state index contributed by atoms with van der Waals surface area (Å²) < 4.78 is 49.5. The van der Waals surface area contributed by atoms with Gasteiger partial charge in [-0.2, -0.15) is 0 Å². The van der Waals surface area contributed by atoms with Crippen molar-refractivity contribution >= 4 is 57.0 Å². The van der Waals surface area contributed by atoms with Crippen molar-refractivity contribution in [3.05, 3.63) is 0 Å². The minimum absolute atomic E-state index is 0.160. The van der Waals surface area contributed by atoms with E-state index in [9.17, 15) is 0 Å². The van der Waals surface area contributed by atoms with Gasteiger partial charge < -0.3 is 36.5 Å². The lowest BCUT2D eigenvalue weighted by molar-refractivity contribution is -0.0796. The van der Waals surface area contributed by atoms with Crippen LogP contribution in [0, 0.1) is 0 Å². The van der Waals surface area contributed by atoms with E-state index in [1.165, 1.54) is 56.5 Å². The first-order valence-electron chi connectivity index (χ1n) is 20.2. The third kappa shape index (κ3) is 13.3. The molecule has 10 saturated heterocycles. The topological polar surface area (TPSA) is 87.3 Å². The highest BCUT2D eigenvalue weighted by molar-refractivity contribution is 8.80. The zero-order valence-corrected chi connectivity index (χ0v) is 39.6. The second-order valence-corrected chi connectivity index (χ2v) is 35.0. The highest BCUT2D eigenvalue weighted by Gasteiger charge is 2.52. The van der Waals surface area contributed by atoms with Gasteiger partial charge in [0, 0.05) is 122 Å². The zero-order chi connectivity index (χ0) is 37.9. The molecule has 0 radical (unpaired) electrons. The lowest BCUT2D eigenvalue weighted by atomic mass is 10.2. The van der Waals surface area contributed by atoms with Crippen LogP contribution in [0.25, 0.3) is 0 Å². The van der Waals surface area contributed by atoms with Crippen molar-refractivity contribution in [3.8, 4) is 0 Å². The molecule has 0 aliphatic carbocycles. The molecule has 0 aromatic rings. The number of hydrogen-bond donors (Lipinski definition) is 0. The van der Waals surface area contributed by atoms with Gasteiger partial charge in [-0.25, -0.2) is 0 Å². The van der Waals surface area contributed by atoms with Gasteiger partial charge in [0.2, 0.25) is 0 Å². The van der Waals surface area contributed by atoms with Crippen molar-refractivity contribution < 1.29 is 31.6 Å². The maximum atomic E-state index is 6.31. The van der Waals surface area contributed by atoms with Gasteiger partial charge in [-0.1, -0.05) is 0 Å². The second kappa shape index (κ2) is 22.0. The SMILES string of the molecule is CC1CN2CC(C)O[Si](CCCOCC3CO3)(O1)OC(C)C2.CCO[Si]12N(C)CCN(CCN1C)CCN2C.CCO[Si]12SCCN(CCS1)CCS2. The third-order valence-corrected chi connectivity index (χ3v) is 33.5. The van der Waals surface area contributed by atoms with E-state index in [0.29, 0.717) is 19.3 Å². The molecule has 310 valence electrons. The summed E-state index contributed by atoms with van der Waals surface area (Å²) in [6.45, 7) is 28.1. The van der Waals surface area contributed by atoms with Gasteiger partial charge in [0.1, 0.15) is 6.10 Å². The fraction of sp³-hybridized carbons (Fsp3) is 1.00. The summed E-state index contributed by atoms with van der Waals surface area (Å²) in [5, 5.41) is 0. The first-order chi connectivity index (χ1) is 25.5. The lowest BCUT2D eigenvalue weighted by Crippen LogP contribution is -2.78. The van der Waals surface area contributed by atoms with Crippen molar-refractivity contribution in [1.82, 2.24) is 28.4 Å². The maximum Gasteiger partial charge on any atom is 0.501 e. The van der Waals surface area contributed by atoms with Gasteiger partial charge in [-0.15, -0.1) is 33.6 Å². The smallest absolute Gasteiger partial charge is 0.392 e. The number of likely N-dealkylation sites (N-methyl/N-ethyl adjacent to an activating group) is 3. The van der Waals surface area contributed by atoms with Crippen molar-refractivity contribution in [1.29, 1.82) is 0 Å². The Morgan fingerprint density at radius 3 is 1.51 bits per heavy atom. The Hall–Kier alpha value is 1.18. The highest BCUT2D eigenvalue weighted by Crippen LogP contribution is 2.45. The van der Waals surface area contributed by atoms with Crippen LogP contribution in [0.2, 0.25) is 6.04 Å². The first-order valence-corrected chi connectivity index (χ1v) is 31.0. The van der Waals surface area contributed by atoms with Gasteiger partial charge in [0.15, 0.2) is 0 Å². The molecule has 10 aliphatic heterocycles. The summed E-state index contributed by atoms with van der Waals surface area (Å²) in [5.74, 6) is 2.31. The zero-order valence-electron chi connectivity index (χ0n) is 34.1. The number of ether oxygens (including phenoxy) is 2. The molecule has 4 unspecified atom stereocenters. The van der Waals surface area contributed by atoms with Crippen LogP contribution in [0.4, 0.5) is 0 Å². The molecule has 0 N–H and O–H groups in total. The lowest BCUT2D eigenvalue weighted by Gasteiger charge is -2.53. The molecule has 10 aliphatic rings. The van der Waals surface area contributed by atoms with E-state index >= 15 is 0 Å². The number of rotatable bonds is 10. The van der Waals surface area contributed by atoms with Gasteiger partial charge in [-0.05, 0) is 62.2 Å². The fourth-order valence-electron chi connectivity index (χ4n) is 8.08. The van der Waals surface area contributed by atoms with Crippen molar-refractivity contribution in [2.24, 2.45) is 0 Å². The van der Waals surface area contributed by atoms with Crippen molar-refractivity contribution in [2.45, 2.75) is 71.5 Å². The predicted octanol–water partition coefficient (Wildman–Crippen LogP) is 2.85. The number of fused-ring (bicyclic) bond motifs is 18. The fourth-order valence-corrected chi connectivity index (χ4v) is 30.2. The van der Waals surface area contributed by atoms with Crippen LogP contribution >= 0.6 is 33.6 Å². The number of nitrogens with zero attached hydrogens (tertiary/aromatic N) is 6. The third-order valence-electron chi connectivity index (χ3n) is 10.6. The van der Waals surface area contributed by atoms with Crippen LogP contribution in [-0.4, -0.2) is 226 Å². The van der Waals surface area contributed by atoms with E-state index in [1.807, 2.05) is 0 Å². The Morgan fingerprint density at radius 2 is 1.08 bits per heavy atom. The number of epoxide rings is 1. The van der Waals surface area contributed by atoms with E-state index < -0.39 is 23.4 Å². The molecule has 10 fully saturated rings. The molecule has 10 rings (SSSR count). The van der Waals surface area contributed by atoms with E-state index in [1.54, 1.807) is 0 Å². The van der Waals surface area contributed by atoms with Crippen molar-refractivity contribution in [3.63, 3.8) is 0 Å². The predicted molar refractivity (Wildman–Crippen MR) is 227 cm³/mol. The minimum atomic E-state index is -2.62. The number of hydrogen-bond acceptors (Lipinski definition) is 16. The molecule has 53 heavy (non-hydrogen) atoms. The normalized spacial score (nSPS) is 41.1. The minimum Gasteiger partial charge on any atom is -0.392 e. The molecule has 0 spiro atoms. The quantitative estimate of drug-likeness (QED) is 0.183. The molecular formula is C34H72N6O7S3Si3. The van der Waals surface area contributed by atoms with Crippen molar-refractivity contribution in [2.75, 3.05) is 150 Å². The summed E-state index contributed by atoms with van der Waals surface area (Å²) in [6, 6.07) is 0.831. The van der Waals surface area contributed by atoms with E-state index in [2.05, 4.69) is 118 Å². The maximum absolute atomic E-state index is 6.31. The Balaban J connectivity index is 0.000000158. The molecule has 0 amide bonds. The molecule has 0 aromatic heterocycles. The summed E-state index contributed by atoms with van der Waals surface area (Å²) in [7, 11) is 2.00. The Labute approximate surface area is 336 Å². The van der Waals surface area contributed by atoms with E-state index in [-0.39, 0.29) is 18.3 Å². The van der Waals surface area contributed by atoms with Crippen LogP contribution in [0.5, 0.6) is 0 Å². The molecule has 10 heterocycles. The summed E-state index contributed by atoms with van der Waals surface area (Å²) in [5.41, 5.74) is 0. The van der Waals surface area contributed by atoms with E-state index in [0.717, 1.165) is 71.6 Å². The molecule has 13 nitrogen and oxygen atoms in total. The van der Waals surface area contributed by atoms with Crippen LogP contribution in [0.1, 0.15) is 41.0 Å².